The van der Waals surface area contributed by atoms with Crippen LogP contribution in [0.3, 0.4) is 0 Å². The van der Waals surface area contributed by atoms with E-state index in [0.29, 0.717) is 11.5 Å². The van der Waals surface area contributed by atoms with E-state index in [4.69, 9.17) is 9.57 Å². The van der Waals surface area contributed by atoms with Crippen molar-refractivity contribution in [1.29, 1.82) is 0 Å². The van der Waals surface area contributed by atoms with Crippen molar-refractivity contribution in [1.82, 2.24) is 10.3 Å². The SMILES string of the molecule is CSC(Oc1cc(C)c2ncc(Br)cc2c1)C(=O)NC(C)(C)C=NOc1ccccc1. The highest BCUT2D eigenvalue weighted by molar-refractivity contribution is 9.10. The largest absolute Gasteiger partial charge is 0.470 e. The zero-order valence-corrected chi connectivity index (χ0v) is 20.2. The van der Waals surface area contributed by atoms with Crippen molar-refractivity contribution in [3.05, 3.63) is 64.8 Å². The van der Waals surface area contributed by atoms with Crippen LogP contribution in [0.15, 0.2) is 64.4 Å². The fourth-order valence-corrected chi connectivity index (χ4v) is 3.71. The van der Waals surface area contributed by atoms with Gasteiger partial charge in [-0.3, -0.25) is 9.78 Å². The molecule has 3 aromatic rings. The van der Waals surface area contributed by atoms with Crippen LogP contribution in [-0.2, 0) is 4.79 Å². The second-order valence-electron chi connectivity index (χ2n) is 7.50. The van der Waals surface area contributed by atoms with Gasteiger partial charge in [0, 0.05) is 16.1 Å². The molecule has 162 valence electrons. The van der Waals surface area contributed by atoms with Gasteiger partial charge in [-0.1, -0.05) is 23.4 Å². The van der Waals surface area contributed by atoms with Crippen molar-refractivity contribution in [3.8, 4) is 11.5 Å². The van der Waals surface area contributed by atoms with Crippen LogP contribution in [0.25, 0.3) is 10.9 Å². The Balaban J connectivity index is 1.67. The molecular weight excluding hydrogens is 478 g/mol. The number of aromatic nitrogens is 1. The monoisotopic (exact) mass is 501 g/mol. The quantitative estimate of drug-likeness (QED) is 0.256. The molecule has 0 bridgehead atoms. The highest BCUT2D eigenvalue weighted by atomic mass is 79.9. The molecule has 31 heavy (non-hydrogen) atoms. The van der Waals surface area contributed by atoms with Crippen molar-refractivity contribution in [2.75, 3.05) is 6.26 Å². The number of benzene rings is 2. The first-order chi connectivity index (χ1) is 14.8. The summed E-state index contributed by atoms with van der Waals surface area (Å²) >= 11 is 4.76. The fraction of sp³-hybridized carbons (Fsp3) is 0.261. The molecule has 1 amide bonds. The number of thioether (sulfide) groups is 1. The number of carbonyl (C=O) groups is 1. The van der Waals surface area contributed by atoms with Crippen LogP contribution >= 0.6 is 27.7 Å². The molecule has 0 aliphatic rings. The molecule has 0 aliphatic heterocycles. The number of amides is 1. The molecule has 1 atom stereocenters. The number of aryl methyl sites for hydroxylation is 1. The molecule has 8 heteroatoms. The predicted molar refractivity (Wildman–Crippen MR) is 130 cm³/mol. The van der Waals surface area contributed by atoms with E-state index in [2.05, 4.69) is 31.4 Å². The van der Waals surface area contributed by atoms with E-state index in [1.165, 1.54) is 11.8 Å². The lowest BCUT2D eigenvalue weighted by molar-refractivity contribution is -0.125. The minimum absolute atomic E-state index is 0.256. The molecule has 0 radical (unpaired) electrons. The lowest BCUT2D eigenvalue weighted by atomic mass is 10.1. The molecule has 1 N–H and O–H groups in total. The van der Waals surface area contributed by atoms with Gasteiger partial charge in [0.05, 0.1) is 17.3 Å². The summed E-state index contributed by atoms with van der Waals surface area (Å²) in [6, 6.07) is 15.0. The summed E-state index contributed by atoms with van der Waals surface area (Å²) in [6.07, 6.45) is 5.15. The first-order valence-electron chi connectivity index (χ1n) is 9.61. The van der Waals surface area contributed by atoms with Gasteiger partial charge in [-0.2, -0.15) is 0 Å². The third-order valence-electron chi connectivity index (χ3n) is 4.31. The maximum absolute atomic E-state index is 12.9. The topological polar surface area (TPSA) is 72.8 Å². The number of fused-ring (bicyclic) bond motifs is 1. The Morgan fingerprint density at radius 2 is 1.97 bits per heavy atom. The van der Waals surface area contributed by atoms with Crippen LogP contribution in [0, 0.1) is 6.92 Å². The molecule has 1 aromatic heterocycles. The number of carbonyl (C=O) groups excluding carboxylic acids is 1. The minimum atomic E-state index is -0.725. The molecule has 3 rings (SSSR count). The van der Waals surface area contributed by atoms with Crippen LogP contribution in [0.1, 0.15) is 19.4 Å². The van der Waals surface area contributed by atoms with Crippen LogP contribution in [0.2, 0.25) is 0 Å². The summed E-state index contributed by atoms with van der Waals surface area (Å²) in [6.45, 7) is 5.64. The molecule has 0 saturated heterocycles. The van der Waals surface area contributed by atoms with Crippen LogP contribution in [0.5, 0.6) is 11.5 Å². The van der Waals surface area contributed by atoms with E-state index >= 15 is 0 Å². The van der Waals surface area contributed by atoms with Gasteiger partial charge >= 0.3 is 0 Å². The predicted octanol–water partition coefficient (Wildman–Crippen LogP) is 5.33. The van der Waals surface area contributed by atoms with Gasteiger partial charge in [-0.15, -0.1) is 11.8 Å². The van der Waals surface area contributed by atoms with Gasteiger partial charge in [-0.25, -0.2) is 0 Å². The van der Waals surface area contributed by atoms with E-state index in [0.717, 1.165) is 20.9 Å². The number of oxime groups is 1. The summed E-state index contributed by atoms with van der Waals surface area (Å²) in [5.41, 5.74) is 0.430. The van der Waals surface area contributed by atoms with Gasteiger partial charge in [0.2, 0.25) is 5.44 Å². The average Bonchev–Trinajstić information content (AvgIpc) is 2.72. The number of hydrogen-bond donors (Lipinski definition) is 1. The van der Waals surface area contributed by atoms with Gasteiger partial charge in [0.25, 0.3) is 5.91 Å². The Morgan fingerprint density at radius 1 is 1.23 bits per heavy atom. The van der Waals surface area contributed by atoms with E-state index < -0.39 is 11.0 Å². The van der Waals surface area contributed by atoms with Crippen molar-refractivity contribution in [2.24, 2.45) is 5.16 Å². The molecule has 0 saturated carbocycles. The third kappa shape index (κ3) is 6.45. The number of pyridine rings is 1. The molecule has 0 aliphatic carbocycles. The van der Waals surface area contributed by atoms with Gasteiger partial charge in [0.1, 0.15) is 5.75 Å². The minimum Gasteiger partial charge on any atom is -0.470 e. The highest BCUT2D eigenvalue weighted by Crippen LogP contribution is 2.27. The number of ether oxygens (including phenoxy) is 1. The Hall–Kier alpha value is -2.58. The molecule has 1 heterocycles. The van der Waals surface area contributed by atoms with E-state index in [1.54, 1.807) is 24.5 Å². The lowest BCUT2D eigenvalue weighted by Crippen LogP contribution is -2.49. The normalized spacial score (nSPS) is 12.7. The van der Waals surface area contributed by atoms with Crippen molar-refractivity contribution in [2.45, 2.75) is 31.7 Å². The van der Waals surface area contributed by atoms with E-state index in [9.17, 15) is 4.79 Å². The number of halogens is 1. The summed E-state index contributed by atoms with van der Waals surface area (Å²) in [5.74, 6) is 0.978. The van der Waals surface area contributed by atoms with Gasteiger partial charge in [0.15, 0.2) is 5.75 Å². The maximum Gasteiger partial charge on any atom is 0.272 e. The molecule has 6 nitrogen and oxygen atoms in total. The average molecular weight is 502 g/mol. The molecular formula is C23H24BrN3O3S. The van der Waals surface area contributed by atoms with Crippen LogP contribution in [0.4, 0.5) is 0 Å². The number of hydrogen-bond acceptors (Lipinski definition) is 6. The summed E-state index contributed by atoms with van der Waals surface area (Å²) in [7, 11) is 0. The molecule has 2 aromatic carbocycles. The Kier molecular flexibility index (Phi) is 7.56. The Morgan fingerprint density at radius 3 is 2.68 bits per heavy atom. The first-order valence-corrected chi connectivity index (χ1v) is 11.7. The highest BCUT2D eigenvalue weighted by Gasteiger charge is 2.26. The standard InChI is InChI=1S/C23H24BrN3O3S/c1-15-10-19(12-16-11-17(24)13-25-20(15)16)29-22(31-4)21(28)27-23(2,3)14-26-30-18-8-6-5-7-9-18/h5-14,22H,1-4H3,(H,27,28). The summed E-state index contributed by atoms with van der Waals surface area (Å²) in [4.78, 5) is 22.6. The fourth-order valence-electron chi connectivity index (χ4n) is 2.88. The zero-order chi connectivity index (χ0) is 22.4. The number of rotatable bonds is 8. The van der Waals surface area contributed by atoms with Crippen LogP contribution < -0.4 is 14.9 Å². The summed E-state index contributed by atoms with van der Waals surface area (Å²) < 4.78 is 6.89. The van der Waals surface area contributed by atoms with Crippen LogP contribution in [-0.4, -0.2) is 34.3 Å². The lowest BCUT2D eigenvalue weighted by Gasteiger charge is -2.24. The Bertz CT molecular complexity index is 1090. The molecule has 1 unspecified atom stereocenters. The second-order valence-corrected chi connectivity index (χ2v) is 9.32. The second kappa shape index (κ2) is 10.2. The first kappa shape index (κ1) is 23.1. The number of nitrogens with one attached hydrogen (secondary N) is 1. The number of nitrogens with zero attached hydrogens (tertiary/aromatic N) is 2. The maximum atomic E-state index is 12.9. The van der Waals surface area contributed by atoms with Gasteiger partial charge < -0.3 is 14.9 Å². The number of para-hydroxylation sites is 1. The van der Waals surface area contributed by atoms with E-state index in [1.807, 2.05) is 63.4 Å². The Labute approximate surface area is 194 Å². The smallest absolute Gasteiger partial charge is 0.272 e. The molecule has 0 spiro atoms. The van der Waals surface area contributed by atoms with Crippen molar-refractivity contribution < 1.29 is 14.4 Å². The zero-order valence-electron chi connectivity index (χ0n) is 17.8. The molecule has 0 fully saturated rings. The van der Waals surface area contributed by atoms with Gasteiger partial charge in [-0.05, 0) is 78.9 Å². The van der Waals surface area contributed by atoms with Crippen molar-refractivity contribution in [3.63, 3.8) is 0 Å². The third-order valence-corrected chi connectivity index (χ3v) is 5.48. The van der Waals surface area contributed by atoms with E-state index in [-0.39, 0.29) is 5.91 Å². The van der Waals surface area contributed by atoms with Crippen molar-refractivity contribution >= 4 is 50.7 Å². The summed E-state index contributed by atoms with van der Waals surface area (Å²) in [5, 5.41) is 7.87.